The van der Waals surface area contributed by atoms with Crippen LogP contribution in [0.2, 0.25) is 0 Å². The van der Waals surface area contributed by atoms with Gasteiger partial charge in [-0.25, -0.2) is 0 Å². The van der Waals surface area contributed by atoms with Gasteiger partial charge in [-0.1, -0.05) is 22.0 Å². The first-order valence-corrected chi connectivity index (χ1v) is 7.93. The smallest absolute Gasteiger partial charge is 0.161 e. The summed E-state index contributed by atoms with van der Waals surface area (Å²) in [5.74, 6) is 1.55. The molecule has 4 nitrogen and oxygen atoms in total. The largest absolute Gasteiger partial charge is 0.493 e. The third kappa shape index (κ3) is 3.87. The molecule has 2 atom stereocenters. The van der Waals surface area contributed by atoms with Gasteiger partial charge in [0.15, 0.2) is 11.5 Å². The summed E-state index contributed by atoms with van der Waals surface area (Å²) in [6, 6.07) is 6.09. The van der Waals surface area contributed by atoms with Crippen LogP contribution in [0, 0.1) is 0 Å². The van der Waals surface area contributed by atoms with Gasteiger partial charge in [0.1, 0.15) is 0 Å². The Hall–Kier alpha value is -0.780. The molecule has 1 aliphatic heterocycles. The number of benzene rings is 1. The molecular formula is C15H22BrNO3. The topological polar surface area (TPSA) is 30.9 Å². The molecule has 2 unspecified atom stereocenters. The number of ether oxygens (including phenoxy) is 3. The molecule has 0 saturated carbocycles. The van der Waals surface area contributed by atoms with Gasteiger partial charge in [-0.15, -0.1) is 0 Å². The molecule has 0 amide bonds. The summed E-state index contributed by atoms with van der Waals surface area (Å²) < 4.78 is 16.5. The Kier molecular flexibility index (Phi) is 5.69. The van der Waals surface area contributed by atoms with E-state index < -0.39 is 0 Å². The van der Waals surface area contributed by atoms with Crippen LogP contribution >= 0.6 is 15.9 Å². The van der Waals surface area contributed by atoms with Crippen LogP contribution in [0.25, 0.3) is 0 Å². The van der Waals surface area contributed by atoms with Gasteiger partial charge < -0.3 is 14.2 Å². The van der Waals surface area contributed by atoms with E-state index in [0.717, 1.165) is 36.5 Å². The fourth-order valence-corrected chi connectivity index (χ4v) is 2.95. The van der Waals surface area contributed by atoms with E-state index in [-0.39, 0.29) is 12.2 Å². The van der Waals surface area contributed by atoms with Crippen LogP contribution in [0.1, 0.15) is 12.5 Å². The van der Waals surface area contributed by atoms with Crippen LogP contribution in [-0.4, -0.2) is 49.7 Å². The number of morpholine rings is 1. The lowest BCUT2D eigenvalue weighted by atomic mass is 10.1. The average Bonchev–Trinajstić information content (AvgIpc) is 2.46. The summed E-state index contributed by atoms with van der Waals surface area (Å²) in [5, 5.41) is 0.875. The Morgan fingerprint density at radius 1 is 1.25 bits per heavy atom. The second-order valence-electron chi connectivity index (χ2n) is 5.11. The first-order chi connectivity index (χ1) is 9.66. The molecule has 112 valence electrons. The number of rotatable bonds is 5. The van der Waals surface area contributed by atoms with Crippen molar-refractivity contribution < 1.29 is 14.2 Å². The monoisotopic (exact) mass is 343 g/mol. The highest BCUT2D eigenvalue weighted by Crippen LogP contribution is 2.28. The molecule has 1 saturated heterocycles. The molecule has 5 heteroatoms. The Morgan fingerprint density at radius 3 is 2.65 bits per heavy atom. The van der Waals surface area contributed by atoms with Gasteiger partial charge in [0, 0.05) is 25.0 Å². The number of hydrogen-bond acceptors (Lipinski definition) is 4. The molecule has 1 aromatic rings. The minimum Gasteiger partial charge on any atom is -0.493 e. The quantitative estimate of drug-likeness (QED) is 0.769. The highest BCUT2D eigenvalue weighted by Gasteiger charge is 2.24. The third-order valence-corrected chi connectivity index (χ3v) is 4.15. The van der Waals surface area contributed by atoms with Gasteiger partial charge in [-0.2, -0.15) is 0 Å². The van der Waals surface area contributed by atoms with Crippen molar-refractivity contribution in [1.82, 2.24) is 4.90 Å². The number of hydrogen-bond donors (Lipinski definition) is 0. The van der Waals surface area contributed by atoms with Crippen molar-refractivity contribution in [2.45, 2.75) is 25.7 Å². The second-order valence-corrected chi connectivity index (χ2v) is 5.75. The summed E-state index contributed by atoms with van der Waals surface area (Å²) in [6.45, 7) is 4.93. The number of nitrogens with zero attached hydrogens (tertiary/aromatic N) is 1. The van der Waals surface area contributed by atoms with E-state index in [1.54, 1.807) is 14.2 Å². The van der Waals surface area contributed by atoms with E-state index in [4.69, 9.17) is 14.2 Å². The van der Waals surface area contributed by atoms with Crippen molar-refractivity contribution in [3.05, 3.63) is 23.8 Å². The molecule has 0 radical (unpaired) electrons. The average molecular weight is 344 g/mol. The van der Waals surface area contributed by atoms with Gasteiger partial charge >= 0.3 is 0 Å². The molecular weight excluding hydrogens is 322 g/mol. The van der Waals surface area contributed by atoms with Gasteiger partial charge in [0.2, 0.25) is 0 Å². The molecule has 20 heavy (non-hydrogen) atoms. The fraction of sp³-hybridized carbons (Fsp3) is 0.600. The summed E-state index contributed by atoms with van der Waals surface area (Å²) >= 11 is 3.50. The first kappa shape index (κ1) is 15.6. The standard InChI is InChI=1S/C15H22BrNO3/c1-11-8-17(10-13(7-16)20-11)9-12-4-5-14(18-2)15(6-12)19-3/h4-6,11,13H,7-10H2,1-3H3. The maximum atomic E-state index is 5.85. The molecule has 0 aliphatic carbocycles. The van der Waals surface area contributed by atoms with Gasteiger partial charge in [-0.3, -0.25) is 4.90 Å². The number of halogens is 1. The SMILES string of the molecule is COc1ccc(CN2CC(C)OC(CBr)C2)cc1OC. The predicted molar refractivity (Wildman–Crippen MR) is 83.0 cm³/mol. The maximum Gasteiger partial charge on any atom is 0.161 e. The van der Waals surface area contributed by atoms with Crippen LogP contribution < -0.4 is 9.47 Å². The summed E-state index contributed by atoms with van der Waals surface area (Å²) in [6.07, 6.45) is 0.533. The summed E-state index contributed by atoms with van der Waals surface area (Å²) in [7, 11) is 3.32. The third-order valence-electron chi connectivity index (χ3n) is 3.43. The Bertz CT molecular complexity index is 441. The molecule has 0 aromatic heterocycles. The van der Waals surface area contributed by atoms with Crippen molar-refractivity contribution >= 4 is 15.9 Å². The van der Waals surface area contributed by atoms with Crippen LogP contribution in [0.5, 0.6) is 11.5 Å². The Morgan fingerprint density at radius 2 is 2.00 bits per heavy atom. The van der Waals surface area contributed by atoms with Crippen molar-refractivity contribution in [1.29, 1.82) is 0 Å². The van der Waals surface area contributed by atoms with E-state index in [2.05, 4.69) is 33.8 Å². The van der Waals surface area contributed by atoms with Crippen molar-refractivity contribution in [2.24, 2.45) is 0 Å². The highest BCUT2D eigenvalue weighted by atomic mass is 79.9. The van der Waals surface area contributed by atoms with E-state index >= 15 is 0 Å². The zero-order valence-electron chi connectivity index (χ0n) is 12.3. The van der Waals surface area contributed by atoms with Crippen molar-refractivity contribution in [2.75, 3.05) is 32.6 Å². The van der Waals surface area contributed by atoms with Crippen molar-refractivity contribution in [3.8, 4) is 11.5 Å². The van der Waals surface area contributed by atoms with Crippen LogP contribution in [0.3, 0.4) is 0 Å². The normalized spacial score (nSPS) is 23.6. The molecule has 0 N–H and O–H groups in total. The molecule has 1 fully saturated rings. The van der Waals surface area contributed by atoms with Gasteiger partial charge in [0.05, 0.1) is 26.4 Å². The van der Waals surface area contributed by atoms with Gasteiger partial charge in [-0.05, 0) is 24.6 Å². The molecule has 1 aliphatic rings. The number of alkyl halides is 1. The lowest BCUT2D eigenvalue weighted by Gasteiger charge is -2.36. The predicted octanol–water partition coefficient (Wildman–Crippen LogP) is 2.69. The molecule has 0 spiro atoms. The van der Waals surface area contributed by atoms with Crippen LogP contribution in [0.15, 0.2) is 18.2 Å². The van der Waals surface area contributed by atoms with Crippen LogP contribution in [-0.2, 0) is 11.3 Å². The summed E-state index contributed by atoms with van der Waals surface area (Å²) in [4.78, 5) is 2.42. The van der Waals surface area contributed by atoms with Gasteiger partial charge in [0.25, 0.3) is 0 Å². The number of methoxy groups -OCH3 is 2. The second kappa shape index (κ2) is 7.29. The molecule has 1 aromatic carbocycles. The van der Waals surface area contributed by atoms with E-state index in [1.165, 1.54) is 5.56 Å². The fourth-order valence-electron chi connectivity index (χ4n) is 2.59. The molecule has 2 rings (SSSR count). The van der Waals surface area contributed by atoms with Crippen LogP contribution in [0.4, 0.5) is 0 Å². The molecule has 0 bridgehead atoms. The Labute approximate surface area is 129 Å². The Balaban J connectivity index is 2.05. The van der Waals surface area contributed by atoms with Crippen molar-refractivity contribution in [3.63, 3.8) is 0 Å². The van der Waals surface area contributed by atoms with E-state index in [0.29, 0.717) is 0 Å². The minimum absolute atomic E-state index is 0.263. The maximum absolute atomic E-state index is 5.85. The minimum atomic E-state index is 0.263. The molecule has 1 heterocycles. The first-order valence-electron chi connectivity index (χ1n) is 6.81. The van der Waals surface area contributed by atoms with E-state index in [1.807, 2.05) is 12.1 Å². The lowest BCUT2D eigenvalue weighted by Crippen LogP contribution is -2.46. The van der Waals surface area contributed by atoms with E-state index in [9.17, 15) is 0 Å². The summed E-state index contributed by atoms with van der Waals surface area (Å²) in [5.41, 5.74) is 1.23. The zero-order chi connectivity index (χ0) is 14.5. The highest BCUT2D eigenvalue weighted by molar-refractivity contribution is 9.09. The zero-order valence-corrected chi connectivity index (χ0v) is 13.9. The lowest BCUT2D eigenvalue weighted by molar-refractivity contribution is -0.0678.